The van der Waals surface area contributed by atoms with Crippen LogP contribution in [0.15, 0.2) is 35.1 Å². The van der Waals surface area contributed by atoms with E-state index in [1.54, 1.807) is 31.3 Å². The molecule has 7 nitrogen and oxygen atoms in total. The van der Waals surface area contributed by atoms with E-state index < -0.39 is 0 Å². The lowest BCUT2D eigenvalue weighted by molar-refractivity contribution is 0.352. The molecule has 0 amide bonds. The normalized spacial score (nSPS) is 10.7. The number of halogens is 1. The molecule has 2 aromatic heterocycles. The van der Waals surface area contributed by atoms with Crippen molar-refractivity contribution in [3.8, 4) is 17.3 Å². The van der Waals surface area contributed by atoms with Crippen molar-refractivity contribution in [2.45, 2.75) is 20.4 Å². The van der Waals surface area contributed by atoms with Crippen molar-refractivity contribution in [2.75, 3.05) is 19.5 Å². The van der Waals surface area contributed by atoms with Crippen LogP contribution in [0, 0.1) is 13.8 Å². The van der Waals surface area contributed by atoms with Crippen molar-refractivity contribution in [3.63, 3.8) is 0 Å². The molecule has 0 fully saturated rings. The maximum atomic E-state index is 5.38. The summed E-state index contributed by atoms with van der Waals surface area (Å²) in [5.74, 6) is 2.68. The number of ether oxygens (including phenoxy) is 2. The first-order valence-electron chi connectivity index (χ1n) is 8.01. The summed E-state index contributed by atoms with van der Waals surface area (Å²) in [5, 5.41) is 7.72. The minimum Gasteiger partial charge on any atom is -0.493 e. The van der Waals surface area contributed by atoms with E-state index in [9.17, 15) is 0 Å². The van der Waals surface area contributed by atoms with Crippen molar-refractivity contribution in [1.82, 2.24) is 19.7 Å². The van der Waals surface area contributed by atoms with E-state index in [4.69, 9.17) is 9.47 Å². The Balaban J connectivity index is 1.79. The Morgan fingerprint density at radius 3 is 2.58 bits per heavy atom. The van der Waals surface area contributed by atoms with Crippen LogP contribution < -0.4 is 14.8 Å². The minimum absolute atomic E-state index is 0.564. The average Bonchev–Trinajstić information content (AvgIpc) is 2.98. The van der Waals surface area contributed by atoms with Crippen LogP contribution in [0.5, 0.6) is 11.5 Å². The van der Waals surface area contributed by atoms with Gasteiger partial charge in [-0.2, -0.15) is 5.10 Å². The SMILES string of the molecule is COc1cc(CNc2cncc(-n3nc(C)cc3C)n2)cc(Br)c1OC. The van der Waals surface area contributed by atoms with Gasteiger partial charge in [0.05, 0.1) is 36.8 Å². The third-order valence-corrected chi connectivity index (χ3v) is 4.40. The number of benzene rings is 1. The Hall–Kier alpha value is -2.61. The lowest BCUT2D eigenvalue weighted by Crippen LogP contribution is -2.07. The number of hydrogen-bond acceptors (Lipinski definition) is 6. The van der Waals surface area contributed by atoms with Crippen molar-refractivity contribution in [1.29, 1.82) is 0 Å². The van der Waals surface area contributed by atoms with E-state index >= 15 is 0 Å². The molecule has 0 atom stereocenters. The number of aromatic nitrogens is 4. The van der Waals surface area contributed by atoms with Gasteiger partial charge in [-0.25, -0.2) is 9.67 Å². The van der Waals surface area contributed by atoms with Crippen molar-refractivity contribution in [2.24, 2.45) is 0 Å². The van der Waals surface area contributed by atoms with Crippen LogP contribution in [-0.2, 0) is 6.54 Å². The summed E-state index contributed by atoms with van der Waals surface area (Å²) in [6.07, 6.45) is 3.38. The van der Waals surface area contributed by atoms with Crippen LogP contribution in [0.1, 0.15) is 17.0 Å². The summed E-state index contributed by atoms with van der Waals surface area (Å²) in [7, 11) is 3.23. The highest BCUT2D eigenvalue weighted by Gasteiger charge is 2.11. The van der Waals surface area contributed by atoms with E-state index in [1.165, 1.54) is 0 Å². The van der Waals surface area contributed by atoms with Crippen LogP contribution in [0.4, 0.5) is 5.82 Å². The summed E-state index contributed by atoms with van der Waals surface area (Å²) in [5.41, 5.74) is 2.98. The van der Waals surface area contributed by atoms with Crippen LogP contribution in [0.2, 0.25) is 0 Å². The van der Waals surface area contributed by atoms with Gasteiger partial charge < -0.3 is 14.8 Å². The Morgan fingerprint density at radius 1 is 1.12 bits per heavy atom. The monoisotopic (exact) mass is 417 g/mol. The first-order valence-corrected chi connectivity index (χ1v) is 8.81. The number of nitrogens with one attached hydrogen (secondary N) is 1. The van der Waals surface area contributed by atoms with Gasteiger partial charge in [0.1, 0.15) is 5.82 Å². The standard InChI is InChI=1S/C18H20BrN5O2/c1-11-5-12(2)24(23-11)17-10-20-9-16(22-17)21-8-13-6-14(19)18(26-4)15(7-13)25-3/h5-7,9-10H,8H2,1-4H3,(H,21,22). The van der Waals surface area contributed by atoms with Gasteiger partial charge in [-0.1, -0.05) is 0 Å². The summed E-state index contributed by atoms with van der Waals surface area (Å²) in [4.78, 5) is 8.85. The molecule has 0 aliphatic carbocycles. The zero-order valence-corrected chi connectivity index (χ0v) is 16.7. The molecule has 8 heteroatoms. The lowest BCUT2D eigenvalue weighted by Gasteiger charge is -2.13. The molecule has 0 saturated heterocycles. The van der Waals surface area contributed by atoms with Gasteiger partial charge in [-0.15, -0.1) is 0 Å². The summed E-state index contributed by atoms with van der Waals surface area (Å²) < 4.78 is 13.3. The predicted molar refractivity (Wildman–Crippen MR) is 103 cm³/mol. The maximum absolute atomic E-state index is 5.38. The summed E-state index contributed by atoms with van der Waals surface area (Å²) >= 11 is 3.51. The van der Waals surface area contributed by atoms with E-state index in [1.807, 2.05) is 32.0 Å². The molecule has 2 heterocycles. The number of methoxy groups -OCH3 is 2. The largest absolute Gasteiger partial charge is 0.493 e. The molecule has 0 aliphatic heterocycles. The number of aryl methyl sites for hydroxylation is 2. The Kier molecular flexibility index (Phi) is 5.41. The van der Waals surface area contributed by atoms with E-state index in [0.29, 0.717) is 29.7 Å². The molecule has 136 valence electrons. The second kappa shape index (κ2) is 7.74. The fraction of sp³-hybridized carbons (Fsp3) is 0.278. The van der Waals surface area contributed by atoms with Gasteiger partial charge in [0.25, 0.3) is 0 Å². The van der Waals surface area contributed by atoms with Crippen LogP contribution >= 0.6 is 15.9 Å². The van der Waals surface area contributed by atoms with Gasteiger partial charge in [-0.05, 0) is 53.5 Å². The Morgan fingerprint density at radius 2 is 1.92 bits per heavy atom. The molecule has 0 saturated carbocycles. The van der Waals surface area contributed by atoms with Gasteiger partial charge >= 0.3 is 0 Å². The minimum atomic E-state index is 0.564. The molecule has 0 spiro atoms. The van der Waals surface area contributed by atoms with Crippen LogP contribution in [0.3, 0.4) is 0 Å². The summed E-state index contributed by atoms with van der Waals surface area (Å²) in [6, 6.07) is 5.91. The third kappa shape index (κ3) is 3.80. The fourth-order valence-corrected chi connectivity index (χ4v) is 3.32. The highest BCUT2D eigenvalue weighted by Crippen LogP contribution is 2.36. The second-order valence-electron chi connectivity index (χ2n) is 5.77. The second-order valence-corrected chi connectivity index (χ2v) is 6.62. The zero-order valence-electron chi connectivity index (χ0n) is 15.1. The quantitative estimate of drug-likeness (QED) is 0.659. The lowest BCUT2D eigenvalue weighted by atomic mass is 10.2. The zero-order chi connectivity index (χ0) is 18.7. The Labute approximate surface area is 160 Å². The highest BCUT2D eigenvalue weighted by atomic mass is 79.9. The molecule has 3 rings (SSSR count). The molecule has 1 aromatic carbocycles. The van der Waals surface area contributed by atoms with Crippen LogP contribution in [-0.4, -0.2) is 34.0 Å². The molecule has 1 N–H and O–H groups in total. The third-order valence-electron chi connectivity index (χ3n) is 3.82. The molecule has 0 aliphatic rings. The summed E-state index contributed by atoms with van der Waals surface area (Å²) in [6.45, 7) is 4.51. The highest BCUT2D eigenvalue weighted by molar-refractivity contribution is 9.10. The first kappa shape index (κ1) is 18.2. The van der Waals surface area contributed by atoms with Crippen molar-refractivity contribution >= 4 is 21.7 Å². The van der Waals surface area contributed by atoms with Crippen LogP contribution in [0.25, 0.3) is 5.82 Å². The first-order chi connectivity index (χ1) is 12.5. The average molecular weight is 418 g/mol. The predicted octanol–water partition coefficient (Wildman–Crippen LogP) is 3.67. The molecule has 0 bridgehead atoms. The van der Waals surface area contributed by atoms with E-state index in [-0.39, 0.29) is 0 Å². The van der Waals surface area contributed by atoms with E-state index in [2.05, 4.69) is 36.3 Å². The maximum Gasteiger partial charge on any atom is 0.174 e. The molecule has 0 radical (unpaired) electrons. The molecular weight excluding hydrogens is 398 g/mol. The molecule has 3 aromatic rings. The topological polar surface area (TPSA) is 74.1 Å². The van der Waals surface area contributed by atoms with Gasteiger partial charge in [0, 0.05) is 12.2 Å². The number of rotatable bonds is 6. The smallest absolute Gasteiger partial charge is 0.174 e. The van der Waals surface area contributed by atoms with E-state index in [0.717, 1.165) is 21.4 Å². The number of hydrogen-bond donors (Lipinski definition) is 1. The fourth-order valence-electron chi connectivity index (χ4n) is 2.67. The van der Waals surface area contributed by atoms with Crippen molar-refractivity contribution < 1.29 is 9.47 Å². The number of nitrogens with zero attached hydrogens (tertiary/aromatic N) is 4. The number of anilines is 1. The van der Waals surface area contributed by atoms with Gasteiger partial charge in [-0.3, -0.25) is 4.98 Å². The van der Waals surface area contributed by atoms with Gasteiger partial charge in [0.2, 0.25) is 0 Å². The molecular formula is C18H20BrN5O2. The van der Waals surface area contributed by atoms with Gasteiger partial charge in [0.15, 0.2) is 17.3 Å². The van der Waals surface area contributed by atoms with Crippen molar-refractivity contribution in [3.05, 3.63) is 52.0 Å². The molecule has 0 unspecified atom stereocenters. The Bertz CT molecular complexity index is 926. The molecule has 26 heavy (non-hydrogen) atoms.